The van der Waals surface area contributed by atoms with E-state index in [1.54, 1.807) is 27.2 Å². The maximum Gasteiger partial charge on any atom is 0.150 e. The van der Waals surface area contributed by atoms with Crippen LogP contribution in [0.25, 0.3) is 0 Å². The summed E-state index contributed by atoms with van der Waals surface area (Å²) in [5, 5.41) is 36.5. The van der Waals surface area contributed by atoms with Gasteiger partial charge in [-0.05, 0) is 31.2 Å². The summed E-state index contributed by atoms with van der Waals surface area (Å²) in [6.07, 6.45) is 3.41. The minimum Gasteiger partial charge on any atom is -0.392 e. The van der Waals surface area contributed by atoms with Crippen LogP contribution in [0, 0.1) is 17.1 Å². The molecule has 2 aromatic rings. The van der Waals surface area contributed by atoms with Gasteiger partial charge in [-0.25, -0.2) is 14.4 Å². The SMILES string of the molecule is CCC(O)(/C(=C/NC)NC)c1cc(F)c([C@@H](O)N(C)Cc2ncc(C#N)cn2)c(C=O)c1. The molecule has 0 fully saturated rings. The van der Waals surface area contributed by atoms with Crippen LogP contribution >= 0.6 is 0 Å². The monoisotopic (exact) mass is 442 g/mol. The Morgan fingerprint density at radius 1 is 1.38 bits per heavy atom. The van der Waals surface area contributed by atoms with Crippen LogP contribution in [0.5, 0.6) is 0 Å². The van der Waals surface area contributed by atoms with Gasteiger partial charge in [0.15, 0.2) is 6.29 Å². The zero-order valence-corrected chi connectivity index (χ0v) is 18.4. The molecule has 0 spiro atoms. The highest BCUT2D eigenvalue weighted by Gasteiger charge is 2.34. The minimum absolute atomic E-state index is 0.0417. The van der Waals surface area contributed by atoms with E-state index in [-0.39, 0.29) is 29.7 Å². The lowest BCUT2D eigenvalue weighted by Gasteiger charge is -2.32. The molecule has 9 nitrogen and oxygen atoms in total. The van der Waals surface area contributed by atoms with Crippen molar-refractivity contribution in [2.75, 3.05) is 21.1 Å². The highest BCUT2D eigenvalue weighted by atomic mass is 19.1. The van der Waals surface area contributed by atoms with Gasteiger partial charge in [0.25, 0.3) is 0 Å². The van der Waals surface area contributed by atoms with Crippen molar-refractivity contribution in [2.24, 2.45) is 0 Å². The Morgan fingerprint density at radius 2 is 2.03 bits per heavy atom. The highest BCUT2D eigenvalue weighted by Crippen LogP contribution is 2.35. The van der Waals surface area contributed by atoms with E-state index in [1.807, 2.05) is 6.07 Å². The van der Waals surface area contributed by atoms with Gasteiger partial charge in [0.1, 0.15) is 29.5 Å². The van der Waals surface area contributed by atoms with Gasteiger partial charge in [-0.15, -0.1) is 0 Å². The molecule has 4 N–H and O–H groups in total. The van der Waals surface area contributed by atoms with Crippen LogP contribution < -0.4 is 10.6 Å². The van der Waals surface area contributed by atoms with Gasteiger partial charge in [-0.3, -0.25) is 9.69 Å². The zero-order valence-electron chi connectivity index (χ0n) is 18.4. The molecule has 170 valence electrons. The van der Waals surface area contributed by atoms with Crippen molar-refractivity contribution in [3.8, 4) is 6.07 Å². The van der Waals surface area contributed by atoms with Crippen molar-refractivity contribution in [3.05, 3.63) is 70.3 Å². The number of aldehydes is 1. The smallest absolute Gasteiger partial charge is 0.150 e. The zero-order chi connectivity index (χ0) is 23.9. The molecule has 0 radical (unpaired) electrons. The molecule has 1 unspecified atom stereocenters. The molecule has 10 heteroatoms. The van der Waals surface area contributed by atoms with Gasteiger partial charge in [0, 0.05) is 43.8 Å². The lowest BCUT2D eigenvalue weighted by molar-refractivity contribution is 0.0101. The summed E-state index contributed by atoms with van der Waals surface area (Å²) in [4.78, 5) is 21.2. The Hall–Kier alpha value is -3.39. The number of carbonyl (C=O) groups is 1. The summed E-state index contributed by atoms with van der Waals surface area (Å²) in [6, 6.07) is 4.39. The average molecular weight is 442 g/mol. The molecule has 2 rings (SSSR count). The van der Waals surface area contributed by atoms with Crippen molar-refractivity contribution in [1.82, 2.24) is 25.5 Å². The lowest BCUT2D eigenvalue weighted by Crippen LogP contribution is -2.35. The van der Waals surface area contributed by atoms with Gasteiger partial charge in [-0.1, -0.05) is 6.92 Å². The molecule has 32 heavy (non-hydrogen) atoms. The third-order valence-electron chi connectivity index (χ3n) is 5.18. The normalized spacial score (nSPS) is 14.4. The van der Waals surface area contributed by atoms with Crippen molar-refractivity contribution in [3.63, 3.8) is 0 Å². The highest BCUT2D eigenvalue weighted by molar-refractivity contribution is 5.78. The summed E-state index contributed by atoms with van der Waals surface area (Å²) >= 11 is 0. The Morgan fingerprint density at radius 3 is 2.53 bits per heavy atom. The summed E-state index contributed by atoms with van der Waals surface area (Å²) in [7, 11) is 4.81. The first-order valence-electron chi connectivity index (χ1n) is 9.92. The molecule has 0 aliphatic rings. The first kappa shape index (κ1) is 24.9. The fourth-order valence-electron chi connectivity index (χ4n) is 3.36. The number of likely N-dealkylation sites (N-methyl/N-ethyl adjacent to an activating group) is 1. The topological polar surface area (TPSA) is 134 Å². The van der Waals surface area contributed by atoms with Crippen LogP contribution in [0.2, 0.25) is 0 Å². The molecular formula is C22H27FN6O3. The maximum absolute atomic E-state index is 15.2. The largest absolute Gasteiger partial charge is 0.392 e. The number of aliphatic hydroxyl groups is 2. The van der Waals surface area contributed by atoms with Crippen LogP contribution in [0.4, 0.5) is 4.39 Å². The van der Waals surface area contributed by atoms with Crippen molar-refractivity contribution in [2.45, 2.75) is 31.7 Å². The number of aliphatic hydroxyl groups excluding tert-OH is 1. The predicted octanol–water partition coefficient (Wildman–Crippen LogP) is 1.30. The molecular weight excluding hydrogens is 415 g/mol. The second-order valence-corrected chi connectivity index (χ2v) is 7.18. The molecule has 0 aliphatic carbocycles. The average Bonchev–Trinajstić information content (AvgIpc) is 2.81. The van der Waals surface area contributed by atoms with Crippen LogP contribution in [-0.4, -0.2) is 52.5 Å². The Labute approximate surface area is 186 Å². The summed E-state index contributed by atoms with van der Waals surface area (Å²) in [6.45, 7) is 1.77. The molecule has 0 saturated heterocycles. The number of nitrogens with one attached hydrogen (secondary N) is 2. The molecule has 0 amide bonds. The van der Waals surface area contributed by atoms with Crippen LogP contribution in [0.1, 0.15) is 52.4 Å². The first-order valence-corrected chi connectivity index (χ1v) is 9.92. The summed E-state index contributed by atoms with van der Waals surface area (Å²) < 4.78 is 15.2. The summed E-state index contributed by atoms with van der Waals surface area (Å²) in [5.41, 5.74) is -1.04. The van der Waals surface area contributed by atoms with E-state index in [0.29, 0.717) is 23.4 Å². The number of benzene rings is 1. The lowest BCUT2D eigenvalue weighted by atomic mass is 9.85. The van der Waals surface area contributed by atoms with E-state index in [2.05, 4.69) is 20.6 Å². The van der Waals surface area contributed by atoms with E-state index in [4.69, 9.17) is 5.26 Å². The second kappa shape index (κ2) is 10.8. The van der Waals surface area contributed by atoms with E-state index < -0.39 is 17.6 Å². The fourth-order valence-corrected chi connectivity index (χ4v) is 3.36. The Bertz CT molecular complexity index is 1020. The van der Waals surface area contributed by atoms with Gasteiger partial charge in [-0.2, -0.15) is 5.26 Å². The molecule has 2 atom stereocenters. The fraction of sp³-hybridized carbons (Fsp3) is 0.364. The number of hydrogen-bond donors (Lipinski definition) is 4. The number of hydrogen-bond acceptors (Lipinski definition) is 9. The predicted molar refractivity (Wildman–Crippen MR) is 115 cm³/mol. The van der Waals surface area contributed by atoms with E-state index in [0.717, 1.165) is 6.07 Å². The van der Waals surface area contributed by atoms with E-state index >= 15 is 4.39 Å². The summed E-state index contributed by atoms with van der Waals surface area (Å²) in [5.74, 6) is -0.525. The van der Waals surface area contributed by atoms with Crippen LogP contribution in [0.15, 0.2) is 36.4 Å². The quantitative estimate of drug-likeness (QED) is 0.317. The third-order valence-corrected chi connectivity index (χ3v) is 5.18. The van der Waals surface area contributed by atoms with E-state index in [1.165, 1.54) is 30.4 Å². The number of rotatable bonds is 10. The first-order chi connectivity index (χ1) is 15.2. The standard InChI is InChI=1S/C22H27FN6O3/c1-5-22(32,18(26-3)11-25-2)16-6-15(13-30)20(17(23)7-16)21(31)29(4)12-19-27-9-14(8-24)10-28-19/h6-7,9-11,13,21,25-26,31-32H,5,12H2,1-4H3/b18-11-/t21-,22?/m1/s1. The molecule has 1 heterocycles. The van der Waals surface area contributed by atoms with Crippen LogP contribution in [-0.2, 0) is 12.1 Å². The number of aromatic nitrogens is 2. The second-order valence-electron chi connectivity index (χ2n) is 7.18. The van der Waals surface area contributed by atoms with Gasteiger partial charge < -0.3 is 20.8 Å². The van der Waals surface area contributed by atoms with Gasteiger partial charge >= 0.3 is 0 Å². The maximum atomic E-state index is 15.2. The van der Waals surface area contributed by atoms with Crippen molar-refractivity contribution in [1.29, 1.82) is 5.26 Å². The number of nitrogens with zero attached hydrogens (tertiary/aromatic N) is 4. The van der Waals surface area contributed by atoms with Crippen molar-refractivity contribution < 1.29 is 19.4 Å². The number of halogens is 1. The Balaban J connectivity index is 2.43. The molecule has 0 aliphatic heterocycles. The molecule has 1 aromatic carbocycles. The van der Waals surface area contributed by atoms with Crippen LogP contribution in [0.3, 0.4) is 0 Å². The number of carbonyl (C=O) groups excluding carboxylic acids is 1. The minimum atomic E-state index is -1.58. The molecule has 1 aromatic heterocycles. The van der Waals surface area contributed by atoms with E-state index in [9.17, 15) is 15.0 Å². The third kappa shape index (κ3) is 5.08. The Kier molecular flexibility index (Phi) is 8.37. The van der Waals surface area contributed by atoms with Crippen molar-refractivity contribution >= 4 is 6.29 Å². The molecule has 0 bridgehead atoms. The molecule has 0 saturated carbocycles. The van der Waals surface area contributed by atoms with Gasteiger partial charge in [0.05, 0.1) is 17.8 Å². The number of nitriles is 1. The van der Waals surface area contributed by atoms with Gasteiger partial charge in [0.2, 0.25) is 0 Å².